The third-order valence-electron chi connectivity index (χ3n) is 8.72. The smallest absolute Gasteiger partial charge is 0.220 e. The average molecular weight is 668 g/mol. The predicted molar refractivity (Wildman–Crippen MR) is 189 cm³/mol. The summed E-state index contributed by atoms with van der Waals surface area (Å²) in [5.74, 6) is -0.248. The van der Waals surface area contributed by atoms with Crippen molar-refractivity contribution in [1.29, 1.82) is 0 Å². The van der Waals surface area contributed by atoms with E-state index in [1.807, 2.05) is 12.2 Å². The van der Waals surface area contributed by atoms with Crippen LogP contribution >= 0.6 is 0 Å². The van der Waals surface area contributed by atoms with Gasteiger partial charge in [-0.1, -0.05) is 134 Å². The zero-order chi connectivity index (χ0) is 34.5. The highest BCUT2D eigenvalue weighted by atomic mass is 16.7. The van der Waals surface area contributed by atoms with E-state index in [1.165, 1.54) is 83.5 Å². The minimum absolute atomic E-state index is 0.211. The third-order valence-corrected chi connectivity index (χ3v) is 8.72. The maximum atomic E-state index is 12.8. The molecule has 0 spiro atoms. The van der Waals surface area contributed by atoms with Crippen LogP contribution in [0.4, 0.5) is 0 Å². The number of carbonyl (C=O) groups excluding carboxylic acids is 1. The minimum Gasteiger partial charge on any atom is -0.394 e. The largest absolute Gasteiger partial charge is 0.394 e. The molecule has 1 aliphatic rings. The number of nitrogens with one attached hydrogen (secondary N) is 1. The van der Waals surface area contributed by atoms with Crippen molar-refractivity contribution in [3.8, 4) is 0 Å². The summed E-state index contributed by atoms with van der Waals surface area (Å²) in [5, 5.41) is 53.7. The van der Waals surface area contributed by atoms with Crippen LogP contribution in [0.15, 0.2) is 36.5 Å². The number of hydrogen-bond donors (Lipinski definition) is 6. The molecule has 0 aromatic heterocycles. The van der Waals surface area contributed by atoms with Crippen LogP contribution < -0.4 is 5.32 Å². The second-order valence-electron chi connectivity index (χ2n) is 13.0. The molecule has 47 heavy (non-hydrogen) atoms. The second kappa shape index (κ2) is 29.3. The number of aliphatic hydroxyl groups excluding tert-OH is 5. The number of ether oxygens (including phenoxy) is 2. The van der Waals surface area contributed by atoms with Gasteiger partial charge in [-0.15, -0.1) is 0 Å². The number of allylic oxidation sites excluding steroid dienone is 5. The summed E-state index contributed by atoms with van der Waals surface area (Å²) in [7, 11) is 0. The molecule has 1 rings (SSSR count). The standard InChI is InChI=1S/C38H69NO8/c1-3-5-7-9-11-13-15-16-18-20-22-24-26-28-34(42)39-31(30-46-38-37(45)36(44)35(43)33(29-40)47-38)32(41)27-25-23-21-19-17-14-12-10-8-6-4-2/h16,18,22,24-25,27,31-33,35-38,40-41,43-45H,3-15,17,19-21,23,26,28-30H2,1-2H3,(H,39,42)/b18-16-,24-22-,27-25+. The number of unbranched alkanes of at least 4 members (excludes halogenated alkanes) is 15. The van der Waals surface area contributed by atoms with E-state index in [0.29, 0.717) is 6.42 Å². The van der Waals surface area contributed by atoms with Crippen molar-refractivity contribution < 1.29 is 39.8 Å². The molecular weight excluding hydrogens is 598 g/mol. The highest BCUT2D eigenvalue weighted by Crippen LogP contribution is 2.22. The molecule has 1 heterocycles. The molecule has 6 N–H and O–H groups in total. The molecule has 0 aromatic carbocycles. The highest BCUT2D eigenvalue weighted by Gasteiger charge is 2.44. The van der Waals surface area contributed by atoms with Crippen LogP contribution in [0, 0.1) is 0 Å². The molecule has 0 bridgehead atoms. The Labute approximate surface area is 285 Å². The van der Waals surface area contributed by atoms with Gasteiger partial charge in [0, 0.05) is 6.42 Å². The summed E-state index contributed by atoms with van der Waals surface area (Å²) in [6, 6.07) is -0.830. The van der Waals surface area contributed by atoms with Crippen LogP contribution in [0.3, 0.4) is 0 Å². The Morgan fingerprint density at radius 1 is 0.723 bits per heavy atom. The molecule has 0 aliphatic carbocycles. The molecule has 0 aromatic rings. The molecular formula is C38H69NO8. The molecule has 0 radical (unpaired) electrons. The summed E-state index contributed by atoms with van der Waals surface area (Å²) in [6.45, 7) is 3.67. The fraction of sp³-hybridized carbons (Fsp3) is 0.816. The molecule has 9 nitrogen and oxygen atoms in total. The lowest BCUT2D eigenvalue weighted by atomic mass is 9.99. The third kappa shape index (κ3) is 21.2. The fourth-order valence-corrected chi connectivity index (χ4v) is 5.61. The maximum absolute atomic E-state index is 12.8. The molecule has 1 aliphatic heterocycles. The average Bonchev–Trinajstić information content (AvgIpc) is 3.07. The SMILES string of the molecule is CCCCCCCC/C=C\C/C=C\CCC(=O)NC(COC1OC(CO)C(O)C(O)C1O)C(O)/C=C/CCCCCCCCCCC. The zero-order valence-corrected chi connectivity index (χ0v) is 29.5. The summed E-state index contributed by atoms with van der Waals surface area (Å²) >= 11 is 0. The van der Waals surface area contributed by atoms with Gasteiger partial charge < -0.3 is 40.3 Å². The predicted octanol–water partition coefficient (Wildman–Crippen LogP) is 6.16. The van der Waals surface area contributed by atoms with E-state index in [2.05, 4.69) is 37.4 Å². The van der Waals surface area contributed by atoms with Gasteiger partial charge in [-0.3, -0.25) is 4.79 Å². The summed E-state index contributed by atoms with van der Waals surface area (Å²) in [4.78, 5) is 12.8. The van der Waals surface area contributed by atoms with Gasteiger partial charge in [-0.25, -0.2) is 0 Å². The van der Waals surface area contributed by atoms with Gasteiger partial charge in [0.25, 0.3) is 0 Å². The normalized spacial score (nSPS) is 23.3. The van der Waals surface area contributed by atoms with E-state index >= 15 is 0 Å². The summed E-state index contributed by atoms with van der Waals surface area (Å²) < 4.78 is 11.1. The summed E-state index contributed by atoms with van der Waals surface area (Å²) in [5.41, 5.74) is 0. The minimum atomic E-state index is -1.57. The van der Waals surface area contributed by atoms with Crippen molar-refractivity contribution >= 4 is 5.91 Å². The van der Waals surface area contributed by atoms with Gasteiger partial charge in [0.1, 0.15) is 24.4 Å². The lowest BCUT2D eigenvalue weighted by Crippen LogP contribution is -2.60. The molecule has 1 amide bonds. The number of rotatable bonds is 29. The van der Waals surface area contributed by atoms with E-state index in [4.69, 9.17) is 9.47 Å². The number of aliphatic hydroxyl groups is 5. The van der Waals surface area contributed by atoms with Crippen LogP contribution in [-0.2, 0) is 14.3 Å². The first kappa shape index (κ1) is 43.4. The second-order valence-corrected chi connectivity index (χ2v) is 13.0. The fourth-order valence-electron chi connectivity index (χ4n) is 5.61. The lowest BCUT2D eigenvalue weighted by Gasteiger charge is -2.40. The molecule has 7 unspecified atom stereocenters. The number of hydrogen-bond acceptors (Lipinski definition) is 8. The van der Waals surface area contributed by atoms with Gasteiger partial charge in [0.2, 0.25) is 5.91 Å². The zero-order valence-electron chi connectivity index (χ0n) is 29.5. The quantitative estimate of drug-likeness (QED) is 0.0411. The van der Waals surface area contributed by atoms with E-state index in [1.54, 1.807) is 6.08 Å². The van der Waals surface area contributed by atoms with Gasteiger partial charge in [-0.05, 0) is 38.5 Å². The lowest BCUT2D eigenvalue weighted by molar-refractivity contribution is -0.302. The first-order valence-electron chi connectivity index (χ1n) is 18.7. The van der Waals surface area contributed by atoms with Crippen molar-refractivity contribution in [2.45, 2.75) is 185 Å². The Morgan fingerprint density at radius 3 is 1.83 bits per heavy atom. The Bertz CT molecular complexity index is 833. The van der Waals surface area contributed by atoms with E-state index in [0.717, 1.165) is 32.1 Å². The summed E-state index contributed by atoms with van der Waals surface area (Å²) in [6.07, 6.45) is 26.3. The van der Waals surface area contributed by atoms with E-state index in [9.17, 15) is 30.3 Å². The van der Waals surface area contributed by atoms with Crippen molar-refractivity contribution in [2.75, 3.05) is 13.2 Å². The Balaban J connectivity index is 2.53. The molecule has 1 fully saturated rings. The van der Waals surface area contributed by atoms with Crippen LogP contribution in [0.1, 0.15) is 142 Å². The van der Waals surface area contributed by atoms with Gasteiger partial charge in [-0.2, -0.15) is 0 Å². The van der Waals surface area contributed by atoms with Crippen molar-refractivity contribution in [1.82, 2.24) is 5.32 Å². The van der Waals surface area contributed by atoms with Crippen LogP contribution in [0.2, 0.25) is 0 Å². The Kier molecular flexibility index (Phi) is 27.1. The number of carbonyl (C=O) groups is 1. The molecule has 274 valence electrons. The molecule has 7 atom stereocenters. The van der Waals surface area contributed by atoms with Crippen molar-refractivity contribution in [3.63, 3.8) is 0 Å². The molecule has 9 heteroatoms. The monoisotopic (exact) mass is 668 g/mol. The van der Waals surface area contributed by atoms with Gasteiger partial charge in [0.15, 0.2) is 6.29 Å². The topological polar surface area (TPSA) is 149 Å². The first-order chi connectivity index (χ1) is 22.8. The van der Waals surface area contributed by atoms with Gasteiger partial charge >= 0.3 is 0 Å². The first-order valence-corrected chi connectivity index (χ1v) is 18.7. The molecule has 0 saturated carbocycles. The van der Waals surface area contributed by atoms with Crippen LogP contribution in [0.5, 0.6) is 0 Å². The van der Waals surface area contributed by atoms with Crippen molar-refractivity contribution in [2.24, 2.45) is 0 Å². The number of amides is 1. The Hall–Kier alpha value is -1.59. The Morgan fingerprint density at radius 2 is 1.26 bits per heavy atom. The van der Waals surface area contributed by atoms with E-state index in [-0.39, 0.29) is 18.9 Å². The van der Waals surface area contributed by atoms with Gasteiger partial charge in [0.05, 0.1) is 25.4 Å². The molecule has 1 saturated heterocycles. The maximum Gasteiger partial charge on any atom is 0.220 e. The van der Waals surface area contributed by atoms with Crippen LogP contribution in [-0.4, -0.2) is 87.5 Å². The highest BCUT2D eigenvalue weighted by molar-refractivity contribution is 5.76. The van der Waals surface area contributed by atoms with Crippen molar-refractivity contribution in [3.05, 3.63) is 36.5 Å². The van der Waals surface area contributed by atoms with Crippen LogP contribution in [0.25, 0.3) is 0 Å². The van der Waals surface area contributed by atoms with E-state index < -0.39 is 49.5 Å².